The summed E-state index contributed by atoms with van der Waals surface area (Å²) in [5.74, 6) is -0.00566. The normalized spacial score (nSPS) is 13.9. The predicted octanol–water partition coefficient (Wildman–Crippen LogP) is 14.8. The third-order valence-electron chi connectivity index (χ3n) is 15.7. The van der Waals surface area contributed by atoms with Crippen molar-refractivity contribution in [2.24, 2.45) is 0 Å². The zero-order valence-electron chi connectivity index (χ0n) is 52.2. The van der Waals surface area contributed by atoms with Gasteiger partial charge in [-0.15, -0.1) is 0 Å². The van der Waals surface area contributed by atoms with Gasteiger partial charge in [-0.3, -0.25) is 9.13 Å². The van der Waals surface area contributed by atoms with Crippen molar-refractivity contribution in [2.45, 2.75) is 52.4 Å². The molecule has 0 atom stereocenters. The van der Waals surface area contributed by atoms with E-state index in [0.717, 1.165) is 59.9 Å². The summed E-state index contributed by atoms with van der Waals surface area (Å²) in [6.07, 6.45) is 0. The first-order valence-corrected chi connectivity index (χ1v) is 28.5. The number of para-hydroxylation sites is 4. The van der Waals surface area contributed by atoms with E-state index in [0.29, 0.717) is 10.9 Å². The van der Waals surface area contributed by atoms with Gasteiger partial charge in [0.05, 0.1) is 49.8 Å². The highest BCUT2D eigenvalue weighted by Crippen LogP contribution is 2.41. The Balaban J connectivity index is 1.13. The lowest BCUT2D eigenvalue weighted by atomic mass is 9.85. The second kappa shape index (κ2) is 18.0. The lowest BCUT2D eigenvalue weighted by Crippen LogP contribution is -2.74. The molecular formula is C71H58N6Si. The van der Waals surface area contributed by atoms with Crippen LogP contribution >= 0.6 is 0 Å². The van der Waals surface area contributed by atoms with Crippen LogP contribution in [-0.2, 0) is 10.8 Å². The molecule has 0 saturated carbocycles. The van der Waals surface area contributed by atoms with Gasteiger partial charge in [-0.2, -0.15) is 15.0 Å². The molecular weight excluding hydrogens is 965 g/mol. The number of hydrogen-bond donors (Lipinski definition) is 0. The number of benzene rings is 10. The average molecular weight is 1030 g/mol. The maximum absolute atomic E-state index is 10.1. The number of hydrogen-bond acceptors (Lipinski definition) is 3. The minimum atomic E-state index is -3.05. The van der Waals surface area contributed by atoms with Gasteiger partial charge in [0.1, 0.15) is 0 Å². The smallest absolute Gasteiger partial charge is 0.240 e. The molecule has 0 radical (unpaired) electrons. The molecule has 14 rings (SSSR count). The molecule has 7 heteroatoms. The van der Waals surface area contributed by atoms with Gasteiger partial charge in [0.15, 0.2) is 13.9 Å². The molecule has 0 saturated heterocycles. The monoisotopic (exact) mass is 1030 g/mol. The Morgan fingerprint density at radius 2 is 0.769 bits per heavy atom. The molecule has 0 N–H and O–H groups in total. The van der Waals surface area contributed by atoms with E-state index in [2.05, 4.69) is 181 Å². The maximum atomic E-state index is 10.1. The van der Waals surface area contributed by atoms with Crippen molar-refractivity contribution in [3.8, 4) is 29.0 Å². The SMILES string of the molecule is [2H]c1c([2H])c([2H])c(-n2c3ccc(C(C)(C)C)cc3c3cc(C(C)(C)C)ccc32)c(-c2nc(-n3c4ccccc4c4cc([Si](c5ccccc5)(c5ccccc5)c5ccccc5)ccc43)nc(-n3c4ccccc4c4c([2H])c([2H])c([2H])c([2H])c43)n2)c1[2H]. The summed E-state index contributed by atoms with van der Waals surface area (Å²) in [5.41, 5.74) is 5.48. The number of rotatable bonds is 8. The van der Waals surface area contributed by atoms with E-state index in [1.54, 1.807) is 4.57 Å². The Hall–Kier alpha value is -9.17. The zero-order chi connectivity index (χ0) is 59.9. The van der Waals surface area contributed by atoms with Crippen LogP contribution in [0.3, 0.4) is 0 Å². The Kier molecular flexibility index (Phi) is 9.04. The standard InChI is InChI=1S/C71H58N6Si/c1-70(2,3)47-38-41-64-57(44-47)58-45-48(71(4,5)6)39-42-65(58)75(64)63-37-23-19-33-56(63)67-72-68(76-60-34-20-16-30-53(60)54-31-17-21-35-61(54)76)74-69(73-67)77-62-36-22-18-32-55(62)59-46-52(40-43-66(59)77)78(49-24-10-7-11-25-49,50-26-12-8-13-27-50)51-28-14-9-15-29-51/h7-46H,1-6H3/i16D,19D,20D,23D,30D,33D,34D,37D. The molecule has 6 nitrogen and oxygen atoms in total. The largest absolute Gasteiger partial charge is 0.309 e. The van der Waals surface area contributed by atoms with E-state index in [9.17, 15) is 8.22 Å². The van der Waals surface area contributed by atoms with Crippen molar-refractivity contribution in [1.82, 2.24) is 28.7 Å². The summed E-state index contributed by atoms with van der Waals surface area (Å²) in [7, 11) is -3.05. The zero-order valence-corrected chi connectivity index (χ0v) is 45.2. The first kappa shape index (κ1) is 39.2. The first-order chi connectivity index (χ1) is 41.3. The van der Waals surface area contributed by atoms with Crippen LogP contribution in [0.1, 0.15) is 63.6 Å². The van der Waals surface area contributed by atoms with Gasteiger partial charge in [0.2, 0.25) is 11.9 Å². The molecule has 0 bridgehead atoms. The highest BCUT2D eigenvalue weighted by molar-refractivity contribution is 7.20. The molecule has 0 unspecified atom stereocenters. The summed E-state index contributed by atoms with van der Waals surface area (Å²) in [6, 6.07) is 63.9. The van der Waals surface area contributed by atoms with E-state index in [4.69, 9.17) is 17.7 Å². The van der Waals surface area contributed by atoms with Crippen molar-refractivity contribution >= 4 is 94.2 Å². The molecule has 4 heterocycles. The highest BCUT2D eigenvalue weighted by Gasteiger charge is 2.42. The molecule has 0 fully saturated rings. The molecule has 0 spiro atoms. The summed E-state index contributed by atoms with van der Waals surface area (Å²) >= 11 is 0. The number of nitrogens with zero attached hydrogens (tertiary/aromatic N) is 6. The third-order valence-corrected chi connectivity index (χ3v) is 20.4. The van der Waals surface area contributed by atoms with Gasteiger partial charge in [0, 0.05) is 37.9 Å². The molecule has 0 aliphatic rings. The van der Waals surface area contributed by atoms with Crippen molar-refractivity contribution in [1.29, 1.82) is 0 Å². The minimum absolute atomic E-state index is 0.00888. The molecule has 0 amide bonds. The first-order valence-electron chi connectivity index (χ1n) is 30.5. The predicted molar refractivity (Wildman–Crippen MR) is 329 cm³/mol. The molecule has 14 aromatic rings. The molecule has 78 heavy (non-hydrogen) atoms. The third kappa shape index (κ3) is 7.40. The molecule has 0 aliphatic carbocycles. The Morgan fingerprint density at radius 1 is 0.346 bits per heavy atom. The van der Waals surface area contributed by atoms with Gasteiger partial charge in [-0.25, -0.2) is 0 Å². The van der Waals surface area contributed by atoms with Crippen LogP contribution in [0.25, 0.3) is 94.4 Å². The van der Waals surface area contributed by atoms with E-state index in [1.807, 2.05) is 63.7 Å². The number of aromatic nitrogens is 6. The molecule has 10 aromatic carbocycles. The number of fused-ring (bicyclic) bond motifs is 9. The van der Waals surface area contributed by atoms with E-state index >= 15 is 0 Å². The quantitative estimate of drug-likeness (QED) is 0.113. The van der Waals surface area contributed by atoms with Gasteiger partial charge in [-0.05, 0) is 103 Å². The van der Waals surface area contributed by atoms with Gasteiger partial charge >= 0.3 is 0 Å². The van der Waals surface area contributed by atoms with Crippen LogP contribution in [0.15, 0.2) is 242 Å². The lowest BCUT2D eigenvalue weighted by Gasteiger charge is -2.34. The topological polar surface area (TPSA) is 53.5 Å². The minimum Gasteiger partial charge on any atom is -0.309 e. The second-order valence-corrected chi connectivity index (χ2v) is 26.1. The Morgan fingerprint density at radius 3 is 1.32 bits per heavy atom. The van der Waals surface area contributed by atoms with Crippen LogP contribution in [0.5, 0.6) is 0 Å². The summed E-state index contributed by atoms with van der Waals surface area (Å²) in [6.45, 7) is 13.0. The lowest BCUT2D eigenvalue weighted by molar-refractivity contribution is 0.590. The fourth-order valence-electron chi connectivity index (χ4n) is 11.9. The van der Waals surface area contributed by atoms with Crippen molar-refractivity contribution in [3.05, 3.63) is 254 Å². The fraction of sp³-hybridized carbons (Fsp3) is 0.113. The van der Waals surface area contributed by atoms with Crippen LogP contribution in [0, 0.1) is 0 Å². The maximum Gasteiger partial charge on any atom is 0.240 e. The molecule has 0 aliphatic heterocycles. The van der Waals surface area contributed by atoms with Crippen LogP contribution in [0.2, 0.25) is 0 Å². The fourth-order valence-corrected chi connectivity index (χ4v) is 16.6. The molecule has 376 valence electrons. The van der Waals surface area contributed by atoms with Crippen LogP contribution < -0.4 is 20.7 Å². The van der Waals surface area contributed by atoms with Crippen molar-refractivity contribution in [3.63, 3.8) is 0 Å². The summed E-state index contributed by atoms with van der Waals surface area (Å²) in [4.78, 5) is 16.1. The van der Waals surface area contributed by atoms with E-state index < -0.39 is 26.2 Å². The Labute approximate surface area is 466 Å². The van der Waals surface area contributed by atoms with Crippen molar-refractivity contribution in [2.75, 3.05) is 0 Å². The average Bonchev–Trinajstić information content (AvgIpc) is 1.69. The van der Waals surface area contributed by atoms with Gasteiger partial charge in [-0.1, -0.05) is 223 Å². The van der Waals surface area contributed by atoms with E-state index in [1.165, 1.54) is 15.6 Å². The molecule has 4 aromatic heterocycles. The van der Waals surface area contributed by atoms with Crippen molar-refractivity contribution < 1.29 is 11.0 Å². The van der Waals surface area contributed by atoms with E-state index in [-0.39, 0.29) is 80.9 Å². The second-order valence-electron chi connectivity index (χ2n) is 22.3. The van der Waals surface area contributed by atoms with Crippen LogP contribution in [-0.4, -0.2) is 36.7 Å². The van der Waals surface area contributed by atoms with Crippen LogP contribution in [0.4, 0.5) is 0 Å². The van der Waals surface area contributed by atoms with Gasteiger partial charge < -0.3 is 4.57 Å². The Bertz CT molecular complexity index is 4950. The summed E-state index contributed by atoms with van der Waals surface area (Å²) in [5, 5.41) is 9.27. The summed E-state index contributed by atoms with van der Waals surface area (Å²) < 4.78 is 81.1. The highest BCUT2D eigenvalue weighted by atomic mass is 28.3. The van der Waals surface area contributed by atoms with Gasteiger partial charge in [0.25, 0.3) is 0 Å².